The molecule has 19 heteroatoms. The van der Waals surface area contributed by atoms with E-state index in [9.17, 15) is 38.4 Å². The first kappa shape index (κ1) is 36.2. The van der Waals surface area contributed by atoms with E-state index in [1.54, 1.807) is 0 Å². The smallest absolute Gasteiger partial charge is 0.336 e. The van der Waals surface area contributed by atoms with Gasteiger partial charge in [-0.1, -0.05) is 0 Å². The van der Waals surface area contributed by atoms with Crippen LogP contribution in [0.3, 0.4) is 0 Å². The fourth-order valence-electron chi connectivity index (χ4n) is 1.83. The number of carbonyl (C=O) groups is 8. The molecule has 0 spiro atoms. The van der Waals surface area contributed by atoms with E-state index in [2.05, 4.69) is 0 Å². The summed E-state index contributed by atoms with van der Waals surface area (Å²) in [4.78, 5) is 80.8. The zero-order chi connectivity index (χ0) is 29.4. The molecule has 0 aliphatic rings. The lowest BCUT2D eigenvalue weighted by molar-refractivity contribution is -0.170. The topological polar surface area (TPSA) is 365 Å². The average Bonchev–Trinajstić information content (AvgIpc) is 2.64. The molecule has 0 fully saturated rings. The minimum absolute atomic E-state index is 0.0231. The van der Waals surface area contributed by atoms with E-state index in [4.69, 9.17) is 56.8 Å². The van der Waals surface area contributed by atoms with E-state index in [1.165, 1.54) is 0 Å². The molecule has 1 unspecified atom stereocenters. The van der Waals surface area contributed by atoms with Crippen LogP contribution in [0.1, 0.15) is 38.5 Å². The van der Waals surface area contributed by atoms with Crippen molar-refractivity contribution in [1.29, 1.82) is 0 Å². The highest BCUT2D eigenvalue weighted by atomic mass is 16.4. The molecule has 0 radical (unpaired) electrons. The Balaban J connectivity index is -0.000000459. The summed E-state index contributed by atoms with van der Waals surface area (Å²) < 4.78 is 0. The van der Waals surface area contributed by atoms with E-state index in [0.717, 1.165) is 0 Å². The van der Waals surface area contributed by atoms with Gasteiger partial charge in [0.15, 0.2) is 11.2 Å². The molecule has 0 aromatic heterocycles. The zero-order valence-corrected chi connectivity index (χ0v) is 18.1. The van der Waals surface area contributed by atoms with Crippen molar-refractivity contribution in [1.82, 2.24) is 0 Å². The molecule has 0 aliphatic carbocycles. The van der Waals surface area contributed by atoms with Crippen molar-refractivity contribution in [3.05, 3.63) is 0 Å². The van der Waals surface area contributed by atoms with Crippen molar-refractivity contribution >= 4 is 47.8 Å². The number of rotatable bonds is 14. The largest absolute Gasteiger partial charge is 0.481 e. The third-order valence-corrected chi connectivity index (χ3v) is 3.56. The van der Waals surface area contributed by atoms with E-state index in [0.29, 0.717) is 0 Å². The van der Waals surface area contributed by atoms with Crippen LogP contribution in [0, 0.1) is 0 Å². The first-order chi connectivity index (χ1) is 16.1. The molecule has 206 valence electrons. The van der Waals surface area contributed by atoms with Crippen LogP contribution in [-0.2, 0) is 38.4 Å². The van der Waals surface area contributed by atoms with E-state index < -0.39 is 90.7 Å². The van der Waals surface area contributed by atoms with Crippen LogP contribution in [0.15, 0.2) is 0 Å². The van der Waals surface area contributed by atoms with Crippen molar-refractivity contribution in [2.45, 2.75) is 55.8 Å². The maximum absolute atomic E-state index is 10.3. The van der Waals surface area contributed by atoms with Gasteiger partial charge in [0.05, 0.1) is 25.7 Å². The Hall–Kier alpha value is -4.36. The van der Waals surface area contributed by atoms with Gasteiger partial charge in [0.25, 0.3) is 0 Å². The molecule has 0 amide bonds. The number of hydrogen-bond donors (Lipinski definition) is 11. The van der Waals surface area contributed by atoms with Crippen molar-refractivity contribution in [2.24, 2.45) is 5.73 Å². The minimum atomic E-state index is -2.74. The summed E-state index contributed by atoms with van der Waals surface area (Å²) in [6, 6.07) is -1.06. The summed E-state index contributed by atoms with van der Waals surface area (Å²) in [5.74, 6) is -12.2. The fraction of sp³-hybridized carbons (Fsp3) is 0.529. The molecule has 1 atom stereocenters. The third-order valence-electron chi connectivity index (χ3n) is 3.56. The number of aliphatic hydroxyl groups is 2. The number of hydrogen-bond acceptors (Lipinski definition) is 11. The number of carboxylic acids is 8. The van der Waals surface area contributed by atoms with Crippen LogP contribution in [0.2, 0.25) is 0 Å². The number of carboxylic acid groups (broad SMARTS) is 8. The Morgan fingerprint density at radius 3 is 0.917 bits per heavy atom. The first-order valence-corrected chi connectivity index (χ1v) is 9.08. The summed E-state index contributed by atoms with van der Waals surface area (Å²) in [7, 11) is 0. The van der Waals surface area contributed by atoms with Gasteiger partial charge in [-0.25, -0.2) is 9.59 Å². The van der Waals surface area contributed by atoms with Crippen LogP contribution in [0.4, 0.5) is 0 Å². The summed E-state index contributed by atoms with van der Waals surface area (Å²) >= 11 is 0. The minimum Gasteiger partial charge on any atom is -0.481 e. The van der Waals surface area contributed by atoms with Crippen LogP contribution >= 0.6 is 0 Å². The van der Waals surface area contributed by atoms with E-state index in [1.807, 2.05) is 0 Å². The standard InChI is InChI=1S/2C6H8O7.C5H9NO4/c2*7-3(8)1-6(13,5(11)12)2-4(9)10;6-3(5(9)10)1-2-4(7)8/h2*13H,1-2H2,(H,7,8)(H,9,10)(H,11,12);3H,1-2,6H2,(H,7,8)(H,9,10). The second-order valence-electron chi connectivity index (χ2n) is 6.83. The summed E-state index contributed by atoms with van der Waals surface area (Å²) in [5.41, 5.74) is -0.475. The molecule has 0 heterocycles. The zero-order valence-electron chi connectivity index (χ0n) is 18.1. The van der Waals surface area contributed by atoms with Crippen molar-refractivity contribution in [2.75, 3.05) is 0 Å². The molecule has 0 aromatic carbocycles. The quantitative estimate of drug-likeness (QED) is 0.105. The molecular formula is C17H25NO18. The lowest BCUT2D eigenvalue weighted by atomic mass is 9.96. The lowest BCUT2D eigenvalue weighted by Crippen LogP contribution is -2.42. The monoisotopic (exact) mass is 531 g/mol. The maximum Gasteiger partial charge on any atom is 0.336 e. The Bertz CT molecular complexity index is 765. The second kappa shape index (κ2) is 16.3. The molecule has 0 saturated heterocycles. The van der Waals surface area contributed by atoms with E-state index in [-0.39, 0.29) is 12.8 Å². The molecule has 0 bridgehead atoms. The summed E-state index contributed by atoms with van der Waals surface area (Å²) in [6.07, 6.45) is -4.80. The number of nitrogens with two attached hydrogens (primary N) is 1. The van der Waals surface area contributed by atoms with Crippen molar-refractivity contribution in [3.8, 4) is 0 Å². The average molecular weight is 531 g/mol. The molecule has 36 heavy (non-hydrogen) atoms. The Kier molecular flexibility index (Phi) is 16.4. The molecule has 0 aliphatic heterocycles. The van der Waals surface area contributed by atoms with Crippen molar-refractivity contribution < 1.29 is 89.4 Å². The van der Waals surface area contributed by atoms with Gasteiger partial charge in [0, 0.05) is 6.42 Å². The summed E-state index contributed by atoms with van der Waals surface area (Å²) in [6.45, 7) is 0. The number of aliphatic carboxylic acids is 8. The first-order valence-electron chi connectivity index (χ1n) is 9.08. The van der Waals surface area contributed by atoms with Gasteiger partial charge in [-0.05, 0) is 6.42 Å². The predicted molar refractivity (Wildman–Crippen MR) is 107 cm³/mol. The van der Waals surface area contributed by atoms with Gasteiger partial charge in [-0.15, -0.1) is 0 Å². The van der Waals surface area contributed by atoms with Gasteiger partial charge in [-0.2, -0.15) is 0 Å². The highest BCUT2D eigenvalue weighted by Crippen LogP contribution is 2.16. The normalized spacial score (nSPS) is 11.3. The van der Waals surface area contributed by atoms with Gasteiger partial charge in [0.2, 0.25) is 0 Å². The van der Waals surface area contributed by atoms with Crippen LogP contribution < -0.4 is 5.73 Å². The maximum atomic E-state index is 10.3. The predicted octanol–water partition coefficient (Wildman–Crippen LogP) is -3.23. The Morgan fingerprint density at radius 1 is 0.528 bits per heavy atom. The highest BCUT2D eigenvalue weighted by Gasteiger charge is 2.41. The molecule has 19 nitrogen and oxygen atoms in total. The van der Waals surface area contributed by atoms with Gasteiger partial charge in [-0.3, -0.25) is 28.8 Å². The van der Waals surface area contributed by atoms with E-state index >= 15 is 0 Å². The van der Waals surface area contributed by atoms with Gasteiger partial charge >= 0.3 is 47.8 Å². The fourth-order valence-corrected chi connectivity index (χ4v) is 1.83. The Morgan fingerprint density at radius 2 is 0.778 bits per heavy atom. The molecule has 0 saturated carbocycles. The molecular weight excluding hydrogens is 506 g/mol. The van der Waals surface area contributed by atoms with Crippen LogP contribution in [0.5, 0.6) is 0 Å². The Labute approximate surface area is 199 Å². The SMILES string of the molecule is NC(CCC(=O)O)C(=O)O.O=C(O)CC(O)(CC(=O)O)C(=O)O.O=C(O)CC(O)(CC(=O)O)C(=O)O. The van der Waals surface area contributed by atoms with Gasteiger partial charge < -0.3 is 56.8 Å². The molecule has 0 rings (SSSR count). The lowest BCUT2D eigenvalue weighted by Gasteiger charge is -2.18. The summed E-state index contributed by atoms with van der Waals surface area (Å²) in [5, 5.41) is 83.9. The van der Waals surface area contributed by atoms with Crippen molar-refractivity contribution in [3.63, 3.8) is 0 Å². The molecule has 0 aromatic rings. The third kappa shape index (κ3) is 18.1. The van der Waals surface area contributed by atoms with Crippen LogP contribution in [-0.4, -0.2) is 116 Å². The molecule has 12 N–H and O–H groups in total. The second-order valence-corrected chi connectivity index (χ2v) is 6.83. The van der Waals surface area contributed by atoms with Gasteiger partial charge in [0.1, 0.15) is 6.04 Å². The van der Waals surface area contributed by atoms with Crippen LogP contribution in [0.25, 0.3) is 0 Å². The highest BCUT2D eigenvalue weighted by molar-refractivity contribution is 5.88.